The van der Waals surface area contributed by atoms with Gasteiger partial charge in [-0.1, -0.05) is 32.0 Å². The second kappa shape index (κ2) is 9.58. The molecule has 2 amide bonds. The standard InChI is InChI=1S/C21H28N2O4S/c1-15(2)28-19-18(16-7-4-5-8-17(16)26-3)20(24)23(21(19)25)10-6-9-22-11-13-27-14-12-22/h4-5,7-8,15H,6,9-14H2,1-3H3. The summed E-state index contributed by atoms with van der Waals surface area (Å²) in [6.45, 7) is 8.63. The van der Waals surface area contributed by atoms with Crippen LogP contribution in [-0.2, 0) is 14.3 Å². The Bertz CT molecular complexity index is 757. The summed E-state index contributed by atoms with van der Waals surface area (Å²) in [7, 11) is 1.58. The van der Waals surface area contributed by atoms with Crippen LogP contribution in [0.5, 0.6) is 5.75 Å². The zero-order chi connectivity index (χ0) is 20.1. The first-order valence-corrected chi connectivity index (χ1v) is 10.6. The number of para-hydroxylation sites is 1. The molecule has 2 aliphatic rings. The van der Waals surface area contributed by atoms with Gasteiger partial charge in [-0.15, -0.1) is 11.8 Å². The van der Waals surface area contributed by atoms with E-state index in [1.165, 1.54) is 16.7 Å². The number of methoxy groups -OCH3 is 1. The topological polar surface area (TPSA) is 59.1 Å². The number of hydrogen-bond acceptors (Lipinski definition) is 6. The van der Waals surface area contributed by atoms with Crippen LogP contribution in [0, 0.1) is 0 Å². The number of morpholine rings is 1. The van der Waals surface area contributed by atoms with E-state index >= 15 is 0 Å². The Morgan fingerprint density at radius 3 is 2.50 bits per heavy atom. The minimum absolute atomic E-state index is 0.188. The molecular formula is C21H28N2O4S. The molecule has 1 saturated heterocycles. The predicted octanol–water partition coefficient (Wildman–Crippen LogP) is 2.64. The quantitative estimate of drug-likeness (QED) is 0.621. The lowest BCUT2D eigenvalue weighted by Gasteiger charge is -2.27. The summed E-state index contributed by atoms with van der Waals surface area (Å²) in [6, 6.07) is 7.39. The molecule has 0 unspecified atom stereocenters. The van der Waals surface area contributed by atoms with Gasteiger partial charge in [-0.25, -0.2) is 0 Å². The molecule has 0 spiro atoms. The lowest BCUT2D eigenvalue weighted by Crippen LogP contribution is -2.39. The monoisotopic (exact) mass is 404 g/mol. The fourth-order valence-corrected chi connectivity index (χ4v) is 4.47. The lowest BCUT2D eigenvalue weighted by atomic mass is 10.1. The van der Waals surface area contributed by atoms with Gasteiger partial charge >= 0.3 is 0 Å². The van der Waals surface area contributed by atoms with Crippen molar-refractivity contribution in [3.05, 3.63) is 34.7 Å². The molecule has 6 nitrogen and oxygen atoms in total. The van der Waals surface area contributed by atoms with E-state index in [0.29, 0.717) is 28.3 Å². The SMILES string of the molecule is COc1ccccc1C1=C(SC(C)C)C(=O)N(CCCN2CCOCC2)C1=O. The second-order valence-corrected chi connectivity index (χ2v) is 8.73. The van der Waals surface area contributed by atoms with Gasteiger partial charge in [-0.3, -0.25) is 19.4 Å². The highest BCUT2D eigenvalue weighted by Crippen LogP contribution is 2.40. The molecule has 0 bridgehead atoms. The summed E-state index contributed by atoms with van der Waals surface area (Å²) in [5.74, 6) is 0.196. The van der Waals surface area contributed by atoms with Crippen molar-refractivity contribution in [1.82, 2.24) is 9.80 Å². The zero-order valence-electron chi connectivity index (χ0n) is 16.8. The van der Waals surface area contributed by atoms with Gasteiger partial charge in [0.1, 0.15) is 5.75 Å². The number of imide groups is 1. The van der Waals surface area contributed by atoms with Gasteiger partial charge < -0.3 is 9.47 Å². The maximum Gasteiger partial charge on any atom is 0.267 e. The number of carbonyl (C=O) groups is 2. The van der Waals surface area contributed by atoms with Gasteiger partial charge in [0.2, 0.25) is 0 Å². The number of carbonyl (C=O) groups excluding carboxylic acids is 2. The molecule has 28 heavy (non-hydrogen) atoms. The van der Waals surface area contributed by atoms with E-state index in [1.807, 2.05) is 38.1 Å². The highest BCUT2D eigenvalue weighted by atomic mass is 32.2. The summed E-state index contributed by atoms with van der Waals surface area (Å²) in [4.78, 5) is 30.5. The fourth-order valence-electron chi connectivity index (χ4n) is 3.47. The average Bonchev–Trinajstić information content (AvgIpc) is 2.92. The zero-order valence-corrected chi connectivity index (χ0v) is 17.6. The third-order valence-corrected chi connectivity index (χ3v) is 5.90. The first kappa shape index (κ1) is 20.9. The summed E-state index contributed by atoms with van der Waals surface area (Å²) in [6.07, 6.45) is 0.760. The van der Waals surface area contributed by atoms with E-state index in [-0.39, 0.29) is 17.1 Å². The Morgan fingerprint density at radius 1 is 1.11 bits per heavy atom. The molecule has 3 rings (SSSR count). The molecule has 0 aromatic heterocycles. The fraction of sp³-hybridized carbons (Fsp3) is 0.524. The number of nitrogens with zero attached hydrogens (tertiary/aromatic N) is 2. The molecule has 0 atom stereocenters. The second-order valence-electron chi connectivity index (χ2n) is 7.14. The third kappa shape index (κ3) is 4.59. The van der Waals surface area contributed by atoms with Crippen LogP contribution < -0.4 is 4.74 Å². The Labute approximate surface area is 170 Å². The highest BCUT2D eigenvalue weighted by molar-refractivity contribution is 8.04. The maximum atomic E-state index is 13.2. The number of hydrogen-bond donors (Lipinski definition) is 0. The molecule has 2 heterocycles. The molecule has 0 radical (unpaired) electrons. The number of benzene rings is 1. The van der Waals surface area contributed by atoms with E-state index in [2.05, 4.69) is 4.90 Å². The average molecular weight is 405 g/mol. The van der Waals surface area contributed by atoms with Crippen LogP contribution in [0.2, 0.25) is 0 Å². The molecule has 2 aliphatic heterocycles. The van der Waals surface area contributed by atoms with Gasteiger partial charge in [0, 0.05) is 37.0 Å². The van der Waals surface area contributed by atoms with Gasteiger partial charge in [0.05, 0.1) is 30.8 Å². The van der Waals surface area contributed by atoms with Crippen molar-refractivity contribution >= 4 is 29.1 Å². The minimum atomic E-state index is -0.223. The Morgan fingerprint density at radius 2 is 1.82 bits per heavy atom. The largest absolute Gasteiger partial charge is 0.496 e. The van der Waals surface area contributed by atoms with Crippen LogP contribution in [0.3, 0.4) is 0 Å². The van der Waals surface area contributed by atoms with Gasteiger partial charge in [0.25, 0.3) is 11.8 Å². The van der Waals surface area contributed by atoms with E-state index < -0.39 is 0 Å². The molecule has 0 N–H and O–H groups in total. The van der Waals surface area contributed by atoms with E-state index in [4.69, 9.17) is 9.47 Å². The summed E-state index contributed by atoms with van der Waals surface area (Å²) >= 11 is 1.45. The Balaban J connectivity index is 1.79. The first-order chi connectivity index (χ1) is 13.5. The van der Waals surface area contributed by atoms with Crippen molar-refractivity contribution in [2.45, 2.75) is 25.5 Å². The molecule has 1 aromatic carbocycles. The van der Waals surface area contributed by atoms with Crippen LogP contribution in [0.25, 0.3) is 5.57 Å². The van der Waals surface area contributed by atoms with Gasteiger partial charge in [0.15, 0.2) is 0 Å². The van der Waals surface area contributed by atoms with Crippen molar-refractivity contribution < 1.29 is 19.1 Å². The molecule has 1 aromatic rings. The maximum absolute atomic E-state index is 13.2. The van der Waals surface area contributed by atoms with Crippen LogP contribution in [0.4, 0.5) is 0 Å². The lowest BCUT2D eigenvalue weighted by molar-refractivity contribution is -0.136. The van der Waals surface area contributed by atoms with E-state index in [1.54, 1.807) is 7.11 Å². The minimum Gasteiger partial charge on any atom is -0.496 e. The van der Waals surface area contributed by atoms with Gasteiger partial charge in [-0.2, -0.15) is 0 Å². The summed E-state index contributed by atoms with van der Waals surface area (Å²) in [5.41, 5.74) is 1.15. The molecule has 1 fully saturated rings. The van der Waals surface area contributed by atoms with Crippen LogP contribution in [0.1, 0.15) is 25.8 Å². The van der Waals surface area contributed by atoms with Crippen LogP contribution in [0.15, 0.2) is 29.2 Å². The third-order valence-electron chi connectivity index (χ3n) is 4.82. The van der Waals surface area contributed by atoms with E-state index in [9.17, 15) is 9.59 Å². The number of rotatable bonds is 8. The molecular weight excluding hydrogens is 376 g/mol. The normalized spacial score (nSPS) is 18.5. The molecule has 0 aliphatic carbocycles. The number of amides is 2. The molecule has 0 saturated carbocycles. The van der Waals surface area contributed by atoms with Crippen molar-refractivity contribution in [2.24, 2.45) is 0 Å². The van der Waals surface area contributed by atoms with Crippen molar-refractivity contribution in [3.63, 3.8) is 0 Å². The Hall–Kier alpha value is -1.83. The summed E-state index contributed by atoms with van der Waals surface area (Å²) < 4.78 is 10.8. The number of ether oxygens (including phenoxy) is 2. The van der Waals surface area contributed by atoms with Crippen LogP contribution in [-0.4, -0.2) is 73.4 Å². The smallest absolute Gasteiger partial charge is 0.267 e. The number of thioether (sulfide) groups is 1. The van der Waals surface area contributed by atoms with Crippen molar-refractivity contribution in [3.8, 4) is 5.75 Å². The molecule has 7 heteroatoms. The van der Waals surface area contributed by atoms with E-state index in [0.717, 1.165) is 39.3 Å². The van der Waals surface area contributed by atoms with Gasteiger partial charge in [-0.05, 0) is 12.5 Å². The van der Waals surface area contributed by atoms with Crippen molar-refractivity contribution in [2.75, 3.05) is 46.5 Å². The molecule has 152 valence electrons. The summed E-state index contributed by atoms with van der Waals surface area (Å²) in [5, 5.41) is 0.199. The van der Waals surface area contributed by atoms with Crippen molar-refractivity contribution in [1.29, 1.82) is 0 Å². The first-order valence-electron chi connectivity index (χ1n) is 9.73. The predicted molar refractivity (Wildman–Crippen MR) is 111 cm³/mol. The highest BCUT2D eigenvalue weighted by Gasteiger charge is 2.40. The Kier molecular flexibility index (Phi) is 7.15. The van der Waals surface area contributed by atoms with Crippen LogP contribution >= 0.6 is 11.8 Å².